The third kappa shape index (κ3) is 4.10. The van der Waals surface area contributed by atoms with Gasteiger partial charge in [-0.15, -0.1) is 6.42 Å². The first-order valence-electron chi connectivity index (χ1n) is 8.65. The highest BCUT2D eigenvalue weighted by atomic mass is 35.5. The van der Waals surface area contributed by atoms with Gasteiger partial charge in [-0.2, -0.15) is 0 Å². The van der Waals surface area contributed by atoms with E-state index in [0.29, 0.717) is 13.2 Å². The number of fused-ring (bicyclic) bond motifs is 2. The second-order valence-electron chi connectivity index (χ2n) is 6.21. The number of benzene rings is 1. The van der Waals surface area contributed by atoms with E-state index in [4.69, 9.17) is 28.5 Å². The molecule has 0 aromatic heterocycles. The van der Waals surface area contributed by atoms with Gasteiger partial charge in [-0.25, -0.2) is 0 Å². The number of allylic oxidation sites excluding steroid dienone is 5. The Morgan fingerprint density at radius 2 is 2.16 bits per heavy atom. The normalized spacial score (nSPS) is 15.9. The molecule has 3 nitrogen and oxygen atoms in total. The average Bonchev–Trinajstić information content (AvgIpc) is 2.77. The summed E-state index contributed by atoms with van der Waals surface area (Å²) < 4.78 is 5.64. The fourth-order valence-electron chi connectivity index (χ4n) is 3.27. The van der Waals surface area contributed by atoms with Crippen LogP contribution in [0.3, 0.4) is 0 Å². The second-order valence-corrected chi connectivity index (χ2v) is 6.64. The van der Waals surface area contributed by atoms with Crippen molar-refractivity contribution < 1.29 is 4.74 Å². The SMILES string of the molecule is C#CCOC1=CC=C2C(=CCc3ccc(Cl)cc3N2CCCCN)C1. The van der Waals surface area contributed by atoms with E-state index in [1.54, 1.807) is 0 Å². The summed E-state index contributed by atoms with van der Waals surface area (Å²) in [7, 11) is 0. The first-order chi connectivity index (χ1) is 12.2. The van der Waals surface area contributed by atoms with Gasteiger partial charge < -0.3 is 15.4 Å². The Morgan fingerprint density at radius 3 is 2.96 bits per heavy atom. The zero-order valence-corrected chi connectivity index (χ0v) is 15.1. The monoisotopic (exact) mass is 354 g/mol. The number of unbranched alkanes of at least 4 members (excludes halogenated alkanes) is 1. The van der Waals surface area contributed by atoms with Crippen molar-refractivity contribution in [3.05, 3.63) is 64.0 Å². The quantitative estimate of drug-likeness (QED) is 0.615. The molecule has 1 aliphatic carbocycles. The lowest BCUT2D eigenvalue weighted by molar-refractivity contribution is 0.246. The molecule has 0 amide bonds. The molecule has 0 spiro atoms. The minimum Gasteiger partial charge on any atom is -0.485 e. The highest BCUT2D eigenvalue weighted by Gasteiger charge is 2.24. The molecule has 0 radical (unpaired) electrons. The molecule has 1 aromatic rings. The Balaban J connectivity index is 1.95. The summed E-state index contributed by atoms with van der Waals surface area (Å²) >= 11 is 6.28. The summed E-state index contributed by atoms with van der Waals surface area (Å²) in [5.74, 6) is 3.44. The molecule has 130 valence electrons. The van der Waals surface area contributed by atoms with Crippen molar-refractivity contribution in [3.8, 4) is 12.3 Å². The second kappa shape index (κ2) is 8.29. The summed E-state index contributed by atoms with van der Waals surface area (Å²) in [5.41, 5.74) is 10.6. The minimum absolute atomic E-state index is 0.304. The van der Waals surface area contributed by atoms with E-state index in [9.17, 15) is 0 Å². The van der Waals surface area contributed by atoms with Gasteiger partial charge in [0.1, 0.15) is 12.4 Å². The van der Waals surface area contributed by atoms with Crippen molar-refractivity contribution in [2.75, 3.05) is 24.6 Å². The van der Waals surface area contributed by atoms with Crippen molar-refractivity contribution in [3.63, 3.8) is 0 Å². The maximum atomic E-state index is 6.28. The molecule has 0 saturated heterocycles. The first kappa shape index (κ1) is 17.7. The number of terminal acetylenes is 1. The lowest BCUT2D eigenvalue weighted by Gasteiger charge is -2.31. The number of hydrogen-bond donors (Lipinski definition) is 1. The van der Waals surface area contributed by atoms with Crippen LogP contribution in [0, 0.1) is 12.3 Å². The highest BCUT2D eigenvalue weighted by molar-refractivity contribution is 6.30. The first-order valence-corrected chi connectivity index (χ1v) is 9.03. The average molecular weight is 355 g/mol. The highest BCUT2D eigenvalue weighted by Crippen LogP contribution is 2.37. The Bertz CT molecular complexity index is 771. The van der Waals surface area contributed by atoms with E-state index < -0.39 is 0 Å². The van der Waals surface area contributed by atoms with Crippen LogP contribution in [0.2, 0.25) is 5.02 Å². The van der Waals surface area contributed by atoms with Crippen LogP contribution >= 0.6 is 11.6 Å². The van der Waals surface area contributed by atoms with Crippen LogP contribution in [-0.4, -0.2) is 19.7 Å². The van der Waals surface area contributed by atoms with Gasteiger partial charge in [0.25, 0.3) is 0 Å². The standard InChI is InChI=1S/C21H23ClN2O/c1-2-13-25-19-9-10-20-17(14-19)6-5-16-7-8-18(22)15-21(16)24(20)12-4-3-11-23/h1,6-10,15H,3-5,11-14,23H2. The van der Waals surface area contributed by atoms with Crippen molar-refractivity contribution >= 4 is 17.3 Å². The van der Waals surface area contributed by atoms with Gasteiger partial charge in [-0.3, -0.25) is 0 Å². The summed E-state index contributed by atoms with van der Waals surface area (Å²) in [6, 6.07) is 6.14. The molecule has 0 bridgehead atoms. The van der Waals surface area contributed by atoms with E-state index in [2.05, 4.69) is 35.1 Å². The zero-order chi connectivity index (χ0) is 17.6. The predicted octanol–water partition coefficient (Wildman–Crippen LogP) is 4.19. The van der Waals surface area contributed by atoms with Crippen LogP contribution in [0.5, 0.6) is 0 Å². The van der Waals surface area contributed by atoms with E-state index in [1.165, 1.54) is 22.5 Å². The lowest BCUT2D eigenvalue weighted by Crippen LogP contribution is -2.26. The Hall–Kier alpha value is -2.15. The van der Waals surface area contributed by atoms with E-state index in [1.807, 2.05) is 12.1 Å². The van der Waals surface area contributed by atoms with Gasteiger partial charge in [-0.1, -0.05) is 29.7 Å². The summed E-state index contributed by atoms with van der Waals surface area (Å²) in [5, 5.41) is 0.760. The van der Waals surface area contributed by atoms with E-state index in [-0.39, 0.29) is 0 Å². The summed E-state index contributed by atoms with van der Waals surface area (Å²) in [6.45, 7) is 1.93. The zero-order valence-electron chi connectivity index (χ0n) is 14.3. The fourth-order valence-corrected chi connectivity index (χ4v) is 3.43. The molecule has 2 aliphatic rings. The van der Waals surface area contributed by atoms with Gasteiger partial charge in [0.05, 0.1) is 0 Å². The van der Waals surface area contributed by atoms with Crippen LogP contribution in [0.15, 0.2) is 53.5 Å². The molecule has 25 heavy (non-hydrogen) atoms. The predicted molar refractivity (Wildman–Crippen MR) is 104 cm³/mol. The molecule has 1 aliphatic heterocycles. The third-order valence-corrected chi connectivity index (χ3v) is 4.73. The molecule has 4 heteroatoms. The number of anilines is 1. The number of ether oxygens (including phenoxy) is 1. The van der Waals surface area contributed by atoms with Crippen LogP contribution in [0.4, 0.5) is 5.69 Å². The Labute approximate surface area is 154 Å². The molecule has 0 unspecified atom stereocenters. The molecular weight excluding hydrogens is 332 g/mol. The van der Waals surface area contributed by atoms with Crippen molar-refractivity contribution in [1.82, 2.24) is 0 Å². The Morgan fingerprint density at radius 1 is 1.28 bits per heavy atom. The van der Waals surface area contributed by atoms with Crippen molar-refractivity contribution in [1.29, 1.82) is 0 Å². The molecular formula is C21H23ClN2O. The maximum Gasteiger partial charge on any atom is 0.148 e. The number of halogens is 1. The largest absolute Gasteiger partial charge is 0.485 e. The van der Waals surface area contributed by atoms with Crippen molar-refractivity contribution in [2.24, 2.45) is 5.73 Å². The summed E-state index contributed by atoms with van der Waals surface area (Å²) in [4.78, 5) is 2.37. The van der Waals surface area contributed by atoms with Gasteiger partial charge in [0, 0.05) is 29.4 Å². The van der Waals surface area contributed by atoms with Gasteiger partial charge in [0.15, 0.2) is 0 Å². The molecule has 2 N–H and O–H groups in total. The van der Waals surface area contributed by atoms with E-state index in [0.717, 1.165) is 43.0 Å². The fraction of sp³-hybridized carbons (Fsp3) is 0.333. The number of hydrogen-bond acceptors (Lipinski definition) is 3. The molecule has 1 aromatic carbocycles. The molecule has 3 rings (SSSR count). The summed E-state index contributed by atoms with van der Waals surface area (Å²) in [6.07, 6.45) is 15.4. The van der Waals surface area contributed by atoms with Gasteiger partial charge >= 0.3 is 0 Å². The minimum atomic E-state index is 0.304. The Kier molecular flexibility index (Phi) is 5.86. The van der Waals surface area contributed by atoms with Crippen LogP contribution in [0.1, 0.15) is 24.8 Å². The van der Waals surface area contributed by atoms with Gasteiger partial charge in [0.2, 0.25) is 0 Å². The lowest BCUT2D eigenvalue weighted by atomic mass is 10.0. The topological polar surface area (TPSA) is 38.5 Å². The van der Waals surface area contributed by atoms with Crippen molar-refractivity contribution in [2.45, 2.75) is 25.7 Å². The number of rotatable bonds is 6. The van der Waals surface area contributed by atoms with Crippen LogP contribution in [-0.2, 0) is 11.2 Å². The van der Waals surface area contributed by atoms with E-state index >= 15 is 0 Å². The van der Waals surface area contributed by atoms with Crippen LogP contribution in [0.25, 0.3) is 0 Å². The van der Waals surface area contributed by atoms with Crippen LogP contribution < -0.4 is 10.6 Å². The number of nitrogens with zero attached hydrogens (tertiary/aromatic N) is 1. The number of nitrogens with two attached hydrogens (primary N) is 1. The molecule has 0 atom stereocenters. The van der Waals surface area contributed by atoms with Gasteiger partial charge in [-0.05, 0) is 61.2 Å². The molecule has 0 fully saturated rings. The smallest absolute Gasteiger partial charge is 0.148 e. The molecule has 1 heterocycles. The molecule has 0 saturated carbocycles. The maximum absolute atomic E-state index is 6.28. The third-order valence-electron chi connectivity index (χ3n) is 4.49.